The molecule has 0 aliphatic carbocycles. The summed E-state index contributed by atoms with van der Waals surface area (Å²) in [6.45, 7) is 0.126. The lowest BCUT2D eigenvalue weighted by Gasteiger charge is -2.22. The van der Waals surface area contributed by atoms with Crippen molar-refractivity contribution in [2.45, 2.75) is 31.6 Å². The molecule has 1 saturated heterocycles. The van der Waals surface area contributed by atoms with Crippen LogP contribution in [0.25, 0.3) is 0 Å². The van der Waals surface area contributed by atoms with Crippen molar-refractivity contribution in [3.05, 3.63) is 0 Å². The van der Waals surface area contributed by atoms with E-state index in [1.165, 1.54) is 0 Å². The van der Waals surface area contributed by atoms with Gasteiger partial charge in [-0.05, 0) is 19.3 Å². The van der Waals surface area contributed by atoms with Gasteiger partial charge in [0.05, 0.1) is 0 Å². The van der Waals surface area contributed by atoms with Crippen LogP contribution < -0.4 is 5.32 Å². The Labute approximate surface area is 103 Å². The van der Waals surface area contributed by atoms with Crippen LogP contribution in [0.3, 0.4) is 0 Å². The summed E-state index contributed by atoms with van der Waals surface area (Å²) in [4.78, 5) is 32.3. The van der Waals surface area contributed by atoms with E-state index in [-0.39, 0.29) is 0 Å². The van der Waals surface area contributed by atoms with Crippen molar-refractivity contribution in [2.75, 3.05) is 13.2 Å². The van der Waals surface area contributed by atoms with Gasteiger partial charge in [-0.1, -0.05) is 0 Å². The van der Waals surface area contributed by atoms with Crippen molar-refractivity contribution in [1.82, 2.24) is 5.32 Å². The number of rotatable bonds is 6. The molecule has 0 spiro atoms. The molecule has 1 unspecified atom stereocenters. The monoisotopic (exact) mass is 261 g/mol. The van der Waals surface area contributed by atoms with E-state index >= 15 is 0 Å². The normalized spacial score (nSPS) is 19.5. The third-order valence-corrected chi connectivity index (χ3v) is 2.34. The van der Waals surface area contributed by atoms with Gasteiger partial charge in [0.2, 0.25) is 11.9 Å². The van der Waals surface area contributed by atoms with Crippen molar-refractivity contribution in [2.24, 2.45) is 0 Å². The zero-order valence-corrected chi connectivity index (χ0v) is 9.63. The smallest absolute Gasteiger partial charge is 0.338 e. The maximum atomic E-state index is 11.3. The molecule has 1 atom stereocenters. The second-order valence-electron chi connectivity index (χ2n) is 3.78. The molecule has 0 radical (unpaired) electrons. The molecule has 0 aromatic rings. The minimum Gasteiger partial charge on any atom is -0.479 e. The van der Waals surface area contributed by atoms with Gasteiger partial charge in [0.1, 0.15) is 6.61 Å². The van der Waals surface area contributed by atoms with E-state index in [9.17, 15) is 14.4 Å². The van der Waals surface area contributed by atoms with Crippen LogP contribution in [0.2, 0.25) is 0 Å². The number of ether oxygens (including phenoxy) is 2. The van der Waals surface area contributed by atoms with Crippen LogP contribution in [0.1, 0.15) is 19.3 Å². The van der Waals surface area contributed by atoms with E-state index < -0.39 is 36.8 Å². The number of carboxylic acids is 2. The number of carboxylic acid groups (broad SMARTS) is 2. The zero-order chi connectivity index (χ0) is 13.5. The third-order valence-electron chi connectivity index (χ3n) is 2.34. The van der Waals surface area contributed by atoms with Gasteiger partial charge >= 0.3 is 11.9 Å². The molecule has 8 heteroatoms. The molecule has 1 rings (SSSR count). The molecule has 1 amide bonds. The minimum absolute atomic E-state index is 0.429. The van der Waals surface area contributed by atoms with Crippen molar-refractivity contribution in [3.63, 3.8) is 0 Å². The van der Waals surface area contributed by atoms with E-state index in [0.717, 1.165) is 12.8 Å². The highest BCUT2D eigenvalue weighted by Crippen LogP contribution is 2.13. The Morgan fingerprint density at radius 3 is 2.44 bits per heavy atom. The third kappa shape index (κ3) is 4.68. The standard InChI is InChI=1S/C10H15NO7/c12-6(11-8(9(13)14)10(15)16)5-18-7-3-1-2-4-17-7/h7-8H,1-5H2,(H,11,12)(H,13,14)(H,15,16). The highest BCUT2D eigenvalue weighted by Gasteiger charge is 2.27. The molecule has 0 saturated carbocycles. The summed E-state index contributed by atoms with van der Waals surface area (Å²) in [5, 5.41) is 18.9. The van der Waals surface area contributed by atoms with Crippen LogP contribution in [-0.4, -0.2) is 53.6 Å². The molecule has 0 aromatic carbocycles. The molecule has 0 bridgehead atoms. The fraction of sp³-hybridized carbons (Fsp3) is 0.700. The molecule has 102 valence electrons. The Morgan fingerprint density at radius 1 is 1.28 bits per heavy atom. The minimum atomic E-state index is -1.96. The van der Waals surface area contributed by atoms with Crippen LogP contribution in [0.4, 0.5) is 0 Å². The van der Waals surface area contributed by atoms with E-state index in [2.05, 4.69) is 0 Å². The summed E-state index contributed by atoms with van der Waals surface area (Å²) in [5.74, 6) is -4.08. The molecule has 1 aliphatic heterocycles. The summed E-state index contributed by atoms with van der Waals surface area (Å²) in [6, 6.07) is -1.96. The van der Waals surface area contributed by atoms with Gasteiger partial charge in [0.25, 0.3) is 0 Å². The number of carbonyl (C=O) groups excluding carboxylic acids is 1. The second-order valence-corrected chi connectivity index (χ2v) is 3.78. The Bertz CT molecular complexity index is 310. The van der Waals surface area contributed by atoms with Gasteiger partial charge < -0.3 is 25.0 Å². The molecule has 1 heterocycles. The maximum absolute atomic E-state index is 11.3. The SMILES string of the molecule is O=C(COC1CCCCO1)NC(C(=O)O)C(=O)O. The largest absolute Gasteiger partial charge is 0.479 e. The van der Waals surface area contributed by atoms with Crippen molar-refractivity contribution in [3.8, 4) is 0 Å². The molecule has 8 nitrogen and oxygen atoms in total. The predicted molar refractivity (Wildman–Crippen MR) is 56.7 cm³/mol. The zero-order valence-electron chi connectivity index (χ0n) is 9.63. The van der Waals surface area contributed by atoms with Gasteiger partial charge in [0, 0.05) is 6.61 Å². The summed E-state index contributed by atoms with van der Waals surface area (Å²) < 4.78 is 10.3. The Balaban J connectivity index is 2.31. The lowest BCUT2D eigenvalue weighted by atomic mass is 10.2. The number of nitrogens with one attached hydrogen (secondary N) is 1. The lowest BCUT2D eigenvalue weighted by Crippen LogP contribution is -2.48. The fourth-order valence-electron chi connectivity index (χ4n) is 1.44. The van der Waals surface area contributed by atoms with Gasteiger partial charge in [-0.25, -0.2) is 9.59 Å². The molecule has 1 aliphatic rings. The fourth-order valence-corrected chi connectivity index (χ4v) is 1.44. The highest BCUT2D eigenvalue weighted by atomic mass is 16.7. The maximum Gasteiger partial charge on any atom is 0.338 e. The number of aliphatic carboxylic acids is 2. The Hall–Kier alpha value is -1.67. The lowest BCUT2D eigenvalue weighted by molar-refractivity contribution is -0.171. The molecule has 3 N–H and O–H groups in total. The summed E-state index contributed by atoms with van der Waals surface area (Å²) >= 11 is 0. The van der Waals surface area contributed by atoms with E-state index in [4.69, 9.17) is 19.7 Å². The number of amides is 1. The second kappa shape index (κ2) is 6.92. The van der Waals surface area contributed by atoms with Gasteiger partial charge in [0.15, 0.2) is 6.29 Å². The molecule has 1 fully saturated rings. The molecule has 0 aromatic heterocycles. The van der Waals surface area contributed by atoms with Crippen molar-refractivity contribution >= 4 is 17.8 Å². The van der Waals surface area contributed by atoms with Gasteiger partial charge in [-0.15, -0.1) is 0 Å². The number of hydrogen-bond acceptors (Lipinski definition) is 5. The number of hydrogen-bond donors (Lipinski definition) is 3. The molecular formula is C10H15NO7. The summed E-state index contributed by atoms with van der Waals surface area (Å²) in [6.07, 6.45) is 2.04. The first-order valence-corrected chi connectivity index (χ1v) is 5.49. The average molecular weight is 261 g/mol. The van der Waals surface area contributed by atoms with Crippen LogP contribution in [0, 0.1) is 0 Å². The Morgan fingerprint density at radius 2 is 1.94 bits per heavy atom. The predicted octanol–water partition coefficient (Wildman–Crippen LogP) is -0.816. The van der Waals surface area contributed by atoms with Crippen LogP contribution in [0.5, 0.6) is 0 Å². The average Bonchev–Trinajstić information content (AvgIpc) is 2.34. The first-order valence-electron chi connectivity index (χ1n) is 5.49. The topological polar surface area (TPSA) is 122 Å². The quantitative estimate of drug-likeness (QED) is 0.534. The first kappa shape index (κ1) is 14.4. The van der Waals surface area contributed by atoms with Gasteiger partial charge in [-0.2, -0.15) is 0 Å². The van der Waals surface area contributed by atoms with Crippen molar-refractivity contribution < 1.29 is 34.1 Å². The summed E-state index contributed by atoms with van der Waals surface area (Å²) in [5.41, 5.74) is 0. The molecule has 18 heavy (non-hydrogen) atoms. The Kier molecular flexibility index (Phi) is 5.53. The highest BCUT2D eigenvalue weighted by molar-refractivity contribution is 6.00. The summed E-state index contributed by atoms with van der Waals surface area (Å²) in [7, 11) is 0. The number of carbonyl (C=O) groups is 3. The van der Waals surface area contributed by atoms with Crippen LogP contribution >= 0.6 is 0 Å². The van der Waals surface area contributed by atoms with E-state index in [0.29, 0.717) is 13.0 Å². The van der Waals surface area contributed by atoms with Crippen LogP contribution in [0.15, 0.2) is 0 Å². The molecular weight excluding hydrogens is 246 g/mol. The van der Waals surface area contributed by atoms with E-state index in [1.54, 1.807) is 0 Å². The van der Waals surface area contributed by atoms with Crippen LogP contribution in [-0.2, 0) is 23.9 Å². The van der Waals surface area contributed by atoms with Crippen molar-refractivity contribution in [1.29, 1.82) is 0 Å². The van der Waals surface area contributed by atoms with Gasteiger partial charge in [-0.3, -0.25) is 4.79 Å². The van der Waals surface area contributed by atoms with E-state index in [1.807, 2.05) is 5.32 Å². The first-order chi connectivity index (χ1) is 8.50.